The zero-order chi connectivity index (χ0) is 36.6. The number of fused-ring (bicyclic) bond motifs is 6. The molecule has 7 rings (SSSR count). The Balaban J connectivity index is 0.933. The predicted molar refractivity (Wildman–Crippen MR) is 207 cm³/mol. The Morgan fingerprint density at radius 1 is 0.942 bits per heavy atom. The summed E-state index contributed by atoms with van der Waals surface area (Å²) in [5.74, 6) is 6.09. The van der Waals surface area contributed by atoms with Gasteiger partial charge in [-0.15, -0.1) is 0 Å². The van der Waals surface area contributed by atoms with E-state index in [9.17, 15) is 9.59 Å². The van der Waals surface area contributed by atoms with Gasteiger partial charge in [0.1, 0.15) is 28.9 Å². The molecule has 3 aromatic rings. The Morgan fingerprint density at radius 2 is 1.75 bits per heavy atom. The molecule has 0 radical (unpaired) electrons. The molecule has 1 heterocycles. The number of para-hydroxylation sites is 1. The highest BCUT2D eigenvalue weighted by Gasteiger charge is 2.56. The van der Waals surface area contributed by atoms with Gasteiger partial charge in [0.2, 0.25) is 11.2 Å². The first-order valence-corrected chi connectivity index (χ1v) is 20.3. The smallest absolute Gasteiger partial charge is 0.344 e. The molecule has 0 saturated heterocycles. The Labute approximate surface area is 310 Å². The van der Waals surface area contributed by atoms with E-state index in [4.69, 9.17) is 18.6 Å². The number of hydrogen-bond donors (Lipinski definition) is 0. The fraction of sp³-hybridized carbons (Fsp3) is 0.609. The van der Waals surface area contributed by atoms with Crippen LogP contribution < -0.4 is 14.9 Å². The number of benzene rings is 2. The normalized spacial score (nSPS) is 30.4. The third-order valence-corrected chi connectivity index (χ3v) is 14.0. The van der Waals surface area contributed by atoms with Crippen LogP contribution in [-0.2, 0) is 9.53 Å². The van der Waals surface area contributed by atoms with Crippen molar-refractivity contribution >= 4 is 16.9 Å². The van der Waals surface area contributed by atoms with Crippen molar-refractivity contribution in [2.75, 3.05) is 6.61 Å². The minimum absolute atomic E-state index is 0.117. The Kier molecular flexibility index (Phi) is 10.7. The molecule has 52 heavy (non-hydrogen) atoms. The van der Waals surface area contributed by atoms with Gasteiger partial charge >= 0.3 is 5.97 Å². The van der Waals surface area contributed by atoms with E-state index in [1.807, 2.05) is 18.2 Å². The molecule has 6 heteroatoms. The molecule has 0 unspecified atom stereocenters. The molecule has 280 valence electrons. The predicted octanol–water partition coefficient (Wildman–Crippen LogP) is 11.6. The van der Waals surface area contributed by atoms with Crippen LogP contribution in [0.1, 0.15) is 117 Å². The summed E-state index contributed by atoms with van der Waals surface area (Å²) in [4.78, 5) is 26.2. The van der Waals surface area contributed by atoms with Gasteiger partial charge in [-0.2, -0.15) is 0 Å². The molecule has 4 aliphatic carbocycles. The summed E-state index contributed by atoms with van der Waals surface area (Å²) in [6.07, 6.45) is 17.5. The molecular formula is C46H60O6. The van der Waals surface area contributed by atoms with Crippen LogP contribution in [0.3, 0.4) is 0 Å². The molecule has 4 aliphatic rings. The number of rotatable bonds is 11. The molecule has 0 spiro atoms. The van der Waals surface area contributed by atoms with Crippen molar-refractivity contribution in [3.05, 3.63) is 76.2 Å². The van der Waals surface area contributed by atoms with Crippen LogP contribution in [-0.4, -0.2) is 18.7 Å². The fourth-order valence-corrected chi connectivity index (χ4v) is 11.0. The molecule has 8 atom stereocenters. The second kappa shape index (κ2) is 15.1. The van der Waals surface area contributed by atoms with Crippen LogP contribution in [0.15, 0.2) is 69.4 Å². The maximum atomic E-state index is 13.2. The third-order valence-electron chi connectivity index (χ3n) is 14.0. The summed E-state index contributed by atoms with van der Waals surface area (Å²) in [5, 5.41) is 0.386. The minimum Gasteiger partial charge on any atom is -0.482 e. The SMILES string of the molecule is Cc1oc2cc(OCC(=O)O[C@@H]3CC[C@@]4(C)C(=CC[C@H]5[C@H]6CC[C@@H]([C@@H](C)CCCC(C)C)C[C@@]6(C)CC[C@@H]54)C3)ccc2c(=O)c1Oc1ccccc1. The molecule has 0 aliphatic heterocycles. The van der Waals surface area contributed by atoms with Crippen LogP contribution in [0.25, 0.3) is 11.0 Å². The van der Waals surface area contributed by atoms with Crippen molar-refractivity contribution in [2.24, 2.45) is 46.3 Å². The van der Waals surface area contributed by atoms with Crippen LogP contribution in [0.5, 0.6) is 17.2 Å². The maximum absolute atomic E-state index is 13.2. The third kappa shape index (κ3) is 7.46. The highest BCUT2D eigenvalue weighted by Crippen LogP contribution is 2.65. The number of carbonyl (C=O) groups is 1. The molecule has 2 aromatic carbocycles. The molecule has 1 aromatic heterocycles. The molecule has 0 amide bonds. The van der Waals surface area contributed by atoms with Gasteiger partial charge in [-0.3, -0.25) is 4.79 Å². The highest BCUT2D eigenvalue weighted by atomic mass is 16.6. The van der Waals surface area contributed by atoms with Crippen LogP contribution >= 0.6 is 0 Å². The number of carbonyl (C=O) groups excluding carboxylic acids is 1. The molecule has 0 N–H and O–H groups in total. The van der Waals surface area contributed by atoms with Gasteiger partial charge in [-0.25, -0.2) is 4.79 Å². The van der Waals surface area contributed by atoms with Crippen LogP contribution in [0.2, 0.25) is 0 Å². The lowest BCUT2D eigenvalue weighted by atomic mass is 9.44. The Bertz CT molecular complexity index is 1820. The minimum atomic E-state index is -0.365. The average molecular weight is 709 g/mol. The lowest BCUT2D eigenvalue weighted by Crippen LogP contribution is -2.52. The Hall–Kier alpha value is -3.54. The second-order valence-corrected chi connectivity index (χ2v) is 17.8. The number of aryl methyl sites for hydroxylation is 1. The van der Waals surface area contributed by atoms with E-state index in [2.05, 4.69) is 40.7 Å². The summed E-state index contributed by atoms with van der Waals surface area (Å²) in [6.45, 7) is 13.9. The van der Waals surface area contributed by atoms with Crippen LogP contribution in [0.4, 0.5) is 0 Å². The van der Waals surface area contributed by atoms with Gasteiger partial charge in [0.15, 0.2) is 6.61 Å². The second-order valence-electron chi connectivity index (χ2n) is 17.8. The van der Waals surface area contributed by atoms with Crippen molar-refractivity contribution < 1.29 is 23.4 Å². The molecule has 0 bridgehead atoms. The van der Waals surface area contributed by atoms with Crippen molar-refractivity contribution in [3.8, 4) is 17.2 Å². The summed E-state index contributed by atoms with van der Waals surface area (Å²) >= 11 is 0. The summed E-state index contributed by atoms with van der Waals surface area (Å²) in [5.41, 5.74) is 2.34. The van der Waals surface area contributed by atoms with Gasteiger partial charge in [-0.1, -0.05) is 83.7 Å². The van der Waals surface area contributed by atoms with E-state index in [-0.39, 0.29) is 35.3 Å². The van der Waals surface area contributed by atoms with E-state index in [1.54, 1.807) is 37.3 Å². The maximum Gasteiger partial charge on any atom is 0.344 e. The van der Waals surface area contributed by atoms with Gasteiger partial charge < -0.3 is 18.6 Å². The van der Waals surface area contributed by atoms with Crippen LogP contribution in [0, 0.1) is 53.3 Å². The van der Waals surface area contributed by atoms with Gasteiger partial charge in [-0.05, 0) is 129 Å². The van der Waals surface area contributed by atoms with E-state index in [0.29, 0.717) is 33.6 Å². The number of hydrogen-bond acceptors (Lipinski definition) is 6. The van der Waals surface area contributed by atoms with Crippen molar-refractivity contribution in [1.29, 1.82) is 0 Å². The molecular weight excluding hydrogens is 649 g/mol. The quantitative estimate of drug-likeness (QED) is 0.146. The van der Waals surface area contributed by atoms with E-state index in [1.165, 1.54) is 63.4 Å². The average Bonchev–Trinajstić information content (AvgIpc) is 3.12. The van der Waals surface area contributed by atoms with Crippen molar-refractivity contribution in [2.45, 2.75) is 125 Å². The number of ether oxygens (including phenoxy) is 3. The van der Waals surface area contributed by atoms with E-state index < -0.39 is 0 Å². The molecule has 3 fully saturated rings. The standard InChI is InChI=1S/C46H60O6/c1-29(2)11-10-12-30(3)32-15-20-39-37-18-16-33-25-36(21-24-46(33,6)40(37)22-23-45(39,5)27-32)51-42(47)28-49-35-17-19-38-41(26-35)50-31(4)44(43(38)48)52-34-13-8-7-9-14-34/h7-9,13-14,16-17,19,26,29-30,32,36-37,39-40H,10-12,15,18,20-25,27-28H2,1-6H3/t30-,32+,36+,37-,39+,40-,45+,46-/m0/s1. The first kappa shape index (κ1) is 36.8. The topological polar surface area (TPSA) is 75.0 Å². The zero-order valence-electron chi connectivity index (χ0n) is 32.4. The van der Waals surface area contributed by atoms with Crippen molar-refractivity contribution in [1.82, 2.24) is 0 Å². The van der Waals surface area contributed by atoms with E-state index >= 15 is 0 Å². The highest BCUT2D eigenvalue weighted by molar-refractivity contribution is 5.80. The first-order valence-electron chi connectivity index (χ1n) is 20.3. The number of allylic oxidation sites excluding steroid dienone is 1. The monoisotopic (exact) mass is 708 g/mol. The summed E-state index contributed by atoms with van der Waals surface area (Å²) in [6, 6.07) is 14.1. The lowest BCUT2D eigenvalue weighted by Gasteiger charge is -2.61. The summed E-state index contributed by atoms with van der Waals surface area (Å²) < 4.78 is 23.7. The lowest BCUT2D eigenvalue weighted by molar-refractivity contribution is -0.154. The largest absolute Gasteiger partial charge is 0.482 e. The van der Waals surface area contributed by atoms with Crippen molar-refractivity contribution in [3.63, 3.8) is 0 Å². The molecule has 3 saturated carbocycles. The van der Waals surface area contributed by atoms with Gasteiger partial charge in [0.25, 0.3) is 0 Å². The van der Waals surface area contributed by atoms with E-state index in [0.717, 1.165) is 54.8 Å². The zero-order valence-corrected chi connectivity index (χ0v) is 32.4. The summed E-state index contributed by atoms with van der Waals surface area (Å²) in [7, 11) is 0. The van der Waals surface area contributed by atoms with Gasteiger partial charge in [0.05, 0.1) is 5.39 Å². The molecule has 6 nitrogen and oxygen atoms in total. The first-order chi connectivity index (χ1) is 24.9. The fourth-order valence-electron chi connectivity index (χ4n) is 11.0. The van der Waals surface area contributed by atoms with Gasteiger partial charge in [0, 0.05) is 12.5 Å². The number of esters is 1. The Morgan fingerprint density at radius 3 is 2.54 bits per heavy atom.